The van der Waals surface area contributed by atoms with Crippen molar-refractivity contribution in [1.82, 2.24) is 9.47 Å². The number of pyridine rings is 1. The first-order chi connectivity index (χ1) is 13.6. The van der Waals surface area contributed by atoms with E-state index in [-0.39, 0.29) is 48.6 Å². The zero-order valence-corrected chi connectivity index (χ0v) is 16.4. The number of nitrogens with zero attached hydrogens (tertiary/aromatic N) is 3. The van der Waals surface area contributed by atoms with Gasteiger partial charge in [0.15, 0.2) is 0 Å². The van der Waals surface area contributed by atoms with Crippen LogP contribution in [0.2, 0.25) is 0 Å². The lowest BCUT2D eigenvalue weighted by atomic mass is 9.81. The fraction of sp³-hybridized carbons (Fsp3) is 0.636. The Morgan fingerprint density at radius 1 is 0.929 bits per heavy atom. The van der Waals surface area contributed by atoms with E-state index in [0.29, 0.717) is 5.49 Å². The molecule has 1 saturated heterocycles. The van der Waals surface area contributed by atoms with Gasteiger partial charge in [0.05, 0.1) is 17.9 Å². The Hall–Kier alpha value is -2.24. The van der Waals surface area contributed by atoms with Crippen molar-refractivity contribution >= 4 is 17.7 Å². The molecule has 1 aromatic heterocycles. The molecular weight excluding hydrogens is 354 g/mol. The summed E-state index contributed by atoms with van der Waals surface area (Å²) in [6.07, 6.45) is 11.3. The number of hydrogen-bond donors (Lipinski definition) is 0. The number of hydrogen-bond acceptors (Lipinski definition) is 4. The molecule has 150 valence electrons. The maximum Gasteiger partial charge on any atom is 0.234 e. The SMILES string of the molecule is O=C1[C@H]2CCCC[C@@H]2C(=O)N1CCC(=O)n1ccccc1=NC1CCCCC1. The minimum Gasteiger partial charge on any atom is -0.282 e. The van der Waals surface area contributed by atoms with E-state index in [1.54, 1.807) is 10.8 Å². The van der Waals surface area contributed by atoms with Crippen LogP contribution in [0.3, 0.4) is 0 Å². The Morgan fingerprint density at radius 2 is 1.57 bits per heavy atom. The Morgan fingerprint density at radius 3 is 2.25 bits per heavy atom. The van der Waals surface area contributed by atoms with Crippen LogP contribution in [0.5, 0.6) is 0 Å². The fourth-order valence-electron chi connectivity index (χ4n) is 4.93. The van der Waals surface area contributed by atoms with Crippen molar-refractivity contribution in [2.45, 2.75) is 70.3 Å². The molecule has 6 heteroatoms. The lowest BCUT2D eigenvalue weighted by Crippen LogP contribution is -2.35. The summed E-state index contributed by atoms with van der Waals surface area (Å²) in [7, 11) is 0. The van der Waals surface area contributed by atoms with Gasteiger partial charge in [-0.05, 0) is 37.8 Å². The van der Waals surface area contributed by atoms with Crippen LogP contribution >= 0.6 is 0 Å². The molecule has 0 bridgehead atoms. The number of carbonyl (C=O) groups is 3. The predicted octanol–water partition coefficient (Wildman–Crippen LogP) is 2.93. The van der Waals surface area contributed by atoms with Crippen molar-refractivity contribution in [3.05, 3.63) is 29.9 Å². The minimum atomic E-state index is -0.155. The van der Waals surface area contributed by atoms with Crippen LogP contribution in [0.4, 0.5) is 0 Å². The van der Waals surface area contributed by atoms with Gasteiger partial charge in [0.2, 0.25) is 17.7 Å². The Kier molecular flexibility index (Phi) is 5.74. The molecule has 0 radical (unpaired) electrons. The molecule has 0 N–H and O–H groups in total. The largest absolute Gasteiger partial charge is 0.282 e. The highest BCUT2D eigenvalue weighted by atomic mass is 16.2. The van der Waals surface area contributed by atoms with Gasteiger partial charge in [0.1, 0.15) is 5.49 Å². The Bertz CT molecular complexity index is 798. The first-order valence-electron chi connectivity index (χ1n) is 10.7. The van der Waals surface area contributed by atoms with Gasteiger partial charge in [-0.1, -0.05) is 38.2 Å². The smallest absolute Gasteiger partial charge is 0.234 e. The first-order valence-corrected chi connectivity index (χ1v) is 10.7. The number of imide groups is 1. The molecule has 28 heavy (non-hydrogen) atoms. The van der Waals surface area contributed by atoms with Crippen LogP contribution in [0.15, 0.2) is 29.4 Å². The highest BCUT2D eigenvalue weighted by Crippen LogP contribution is 2.37. The molecule has 3 aliphatic rings. The van der Waals surface area contributed by atoms with E-state index < -0.39 is 0 Å². The van der Waals surface area contributed by atoms with Crippen molar-refractivity contribution in [3.63, 3.8) is 0 Å². The van der Waals surface area contributed by atoms with Crippen molar-refractivity contribution in [2.75, 3.05) is 6.54 Å². The second-order valence-corrected chi connectivity index (χ2v) is 8.32. The third kappa shape index (κ3) is 3.82. The molecule has 0 spiro atoms. The highest BCUT2D eigenvalue weighted by Gasteiger charge is 2.47. The number of fused-ring (bicyclic) bond motifs is 1. The van der Waals surface area contributed by atoms with Crippen molar-refractivity contribution in [1.29, 1.82) is 0 Å². The number of rotatable bonds is 4. The molecule has 2 heterocycles. The Labute approximate surface area is 165 Å². The number of amides is 2. The van der Waals surface area contributed by atoms with Crippen LogP contribution in [-0.4, -0.2) is 39.8 Å². The average molecular weight is 383 g/mol. The van der Waals surface area contributed by atoms with Gasteiger partial charge in [-0.25, -0.2) is 0 Å². The van der Waals surface area contributed by atoms with Gasteiger partial charge in [-0.2, -0.15) is 0 Å². The van der Waals surface area contributed by atoms with E-state index in [2.05, 4.69) is 0 Å². The van der Waals surface area contributed by atoms with Crippen molar-refractivity contribution in [2.24, 2.45) is 16.8 Å². The molecule has 4 rings (SSSR count). The molecule has 6 nitrogen and oxygen atoms in total. The zero-order chi connectivity index (χ0) is 19.5. The molecule has 2 saturated carbocycles. The second kappa shape index (κ2) is 8.41. The standard InChI is InChI=1S/C22H29N3O3/c26-20(13-15-25-21(27)17-10-4-5-11-18(17)22(25)28)24-14-7-6-12-19(24)23-16-8-2-1-3-9-16/h6-7,12,14,16-18H,1-5,8-11,13,15H2/t17-,18-/m0/s1. The molecule has 1 aliphatic heterocycles. The molecule has 3 fully saturated rings. The van der Waals surface area contributed by atoms with E-state index in [1.165, 1.54) is 24.2 Å². The highest BCUT2D eigenvalue weighted by molar-refractivity contribution is 6.05. The van der Waals surface area contributed by atoms with Gasteiger partial charge >= 0.3 is 0 Å². The van der Waals surface area contributed by atoms with Crippen LogP contribution in [0.25, 0.3) is 0 Å². The summed E-state index contributed by atoms with van der Waals surface area (Å²) in [6.45, 7) is 0.175. The summed E-state index contributed by atoms with van der Waals surface area (Å²) in [6, 6.07) is 5.86. The third-order valence-corrected chi connectivity index (χ3v) is 6.48. The van der Waals surface area contributed by atoms with Gasteiger partial charge < -0.3 is 0 Å². The Balaban J connectivity index is 1.45. The van der Waals surface area contributed by atoms with E-state index in [4.69, 9.17) is 4.99 Å². The van der Waals surface area contributed by atoms with Crippen LogP contribution in [0.1, 0.15) is 69.0 Å². The van der Waals surface area contributed by atoms with Crippen LogP contribution < -0.4 is 5.49 Å². The lowest BCUT2D eigenvalue weighted by molar-refractivity contribution is -0.139. The minimum absolute atomic E-state index is 0.0762. The maximum atomic E-state index is 12.8. The summed E-state index contributed by atoms with van der Waals surface area (Å²) in [5.74, 6) is -0.582. The van der Waals surface area contributed by atoms with E-state index in [1.807, 2.05) is 18.2 Å². The van der Waals surface area contributed by atoms with Gasteiger partial charge in [-0.15, -0.1) is 0 Å². The van der Waals surface area contributed by atoms with E-state index in [9.17, 15) is 14.4 Å². The molecule has 0 aromatic carbocycles. The first kappa shape index (κ1) is 19.1. The summed E-state index contributed by atoms with van der Waals surface area (Å²) < 4.78 is 1.58. The molecule has 2 aliphatic carbocycles. The second-order valence-electron chi connectivity index (χ2n) is 8.32. The maximum absolute atomic E-state index is 12.8. The van der Waals surface area contributed by atoms with E-state index >= 15 is 0 Å². The van der Waals surface area contributed by atoms with Gasteiger partial charge in [-0.3, -0.25) is 28.8 Å². The molecule has 1 aromatic rings. The van der Waals surface area contributed by atoms with E-state index in [0.717, 1.165) is 38.5 Å². The summed E-state index contributed by atoms with van der Waals surface area (Å²) in [4.78, 5) is 44.2. The van der Waals surface area contributed by atoms with Crippen molar-refractivity contribution in [3.8, 4) is 0 Å². The molecule has 2 atom stereocenters. The quantitative estimate of drug-likeness (QED) is 0.751. The van der Waals surface area contributed by atoms with Crippen LogP contribution in [-0.2, 0) is 9.59 Å². The number of carbonyl (C=O) groups excluding carboxylic acids is 3. The topological polar surface area (TPSA) is 71.7 Å². The van der Waals surface area contributed by atoms with Crippen LogP contribution in [0, 0.1) is 11.8 Å². The third-order valence-electron chi connectivity index (χ3n) is 6.48. The summed E-state index contributed by atoms with van der Waals surface area (Å²) in [5.41, 5.74) is 0.673. The number of aromatic nitrogens is 1. The van der Waals surface area contributed by atoms with Gasteiger partial charge in [0, 0.05) is 19.2 Å². The molecule has 2 amide bonds. The molecular formula is C22H29N3O3. The van der Waals surface area contributed by atoms with Crippen molar-refractivity contribution < 1.29 is 14.4 Å². The normalized spacial score (nSPS) is 26.6. The molecule has 0 unspecified atom stereocenters. The zero-order valence-electron chi connectivity index (χ0n) is 16.4. The average Bonchev–Trinajstić information content (AvgIpc) is 2.98. The van der Waals surface area contributed by atoms with Gasteiger partial charge in [0.25, 0.3) is 0 Å². The predicted molar refractivity (Wildman–Crippen MR) is 104 cm³/mol. The number of likely N-dealkylation sites (tertiary alicyclic amines) is 1. The fourth-order valence-corrected chi connectivity index (χ4v) is 4.93. The monoisotopic (exact) mass is 383 g/mol. The summed E-state index contributed by atoms with van der Waals surface area (Å²) in [5, 5.41) is 0. The summed E-state index contributed by atoms with van der Waals surface area (Å²) >= 11 is 0. The lowest BCUT2D eigenvalue weighted by Gasteiger charge is -2.19.